The summed E-state index contributed by atoms with van der Waals surface area (Å²) in [6.45, 7) is 1.84. The topological polar surface area (TPSA) is 70.0 Å². The van der Waals surface area contributed by atoms with Crippen LogP contribution < -0.4 is 4.72 Å². The molecule has 0 bridgehead atoms. The van der Waals surface area contributed by atoms with Crippen LogP contribution in [0.4, 0.5) is 10.1 Å². The molecule has 2 aromatic carbocycles. The standard InChI is InChI=1S/C14H10FIN2O2S/c1-9-2-4-10(5-3-9)21(19,20)18-13-7-6-12(16)14(15)11(13)8-17/h2-7,18H,1H3. The fraction of sp³-hybridized carbons (Fsp3) is 0.0714. The molecular formula is C14H10FIN2O2S. The van der Waals surface area contributed by atoms with Crippen LogP contribution in [0.2, 0.25) is 0 Å². The minimum atomic E-state index is -3.86. The summed E-state index contributed by atoms with van der Waals surface area (Å²) in [5, 5.41) is 9.00. The summed E-state index contributed by atoms with van der Waals surface area (Å²) >= 11 is 1.74. The number of anilines is 1. The lowest BCUT2D eigenvalue weighted by molar-refractivity contribution is 0.601. The van der Waals surface area contributed by atoms with Crippen LogP contribution in [0.5, 0.6) is 0 Å². The molecule has 0 saturated carbocycles. The van der Waals surface area contributed by atoms with Gasteiger partial charge in [0.2, 0.25) is 0 Å². The number of halogens is 2. The average molecular weight is 416 g/mol. The summed E-state index contributed by atoms with van der Waals surface area (Å²) in [4.78, 5) is 0.0518. The second kappa shape index (κ2) is 5.99. The zero-order valence-electron chi connectivity index (χ0n) is 10.9. The van der Waals surface area contributed by atoms with Crippen LogP contribution in [-0.2, 0) is 10.0 Å². The first kappa shape index (κ1) is 15.7. The third-order valence-electron chi connectivity index (χ3n) is 2.78. The first-order valence-corrected chi connectivity index (χ1v) is 8.39. The third-order valence-corrected chi connectivity index (χ3v) is 5.00. The maximum Gasteiger partial charge on any atom is 0.261 e. The van der Waals surface area contributed by atoms with Crippen LogP contribution in [0.3, 0.4) is 0 Å². The quantitative estimate of drug-likeness (QED) is 0.780. The van der Waals surface area contributed by atoms with Crippen LogP contribution in [0.1, 0.15) is 11.1 Å². The molecule has 2 aromatic rings. The number of nitrogens with zero attached hydrogens (tertiary/aromatic N) is 1. The van der Waals surface area contributed by atoms with Gasteiger partial charge in [0.1, 0.15) is 11.6 Å². The van der Waals surface area contributed by atoms with Gasteiger partial charge in [0.05, 0.1) is 14.2 Å². The van der Waals surface area contributed by atoms with Gasteiger partial charge in [-0.15, -0.1) is 0 Å². The van der Waals surface area contributed by atoms with Crippen molar-refractivity contribution in [3.05, 3.63) is 56.9 Å². The Morgan fingerprint density at radius 3 is 2.38 bits per heavy atom. The average Bonchev–Trinajstić information content (AvgIpc) is 2.43. The maximum absolute atomic E-state index is 13.8. The lowest BCUT2D eigenvalue weighted by Gasteiger charge is -2.10. The van der Waals surface area contributed by atoms with E-state index >= 15 is 0 Å². The second-order valence-electron chi connectivity index (χ2n) is 4.31. The summed E-state index contributed by atoms with van der Waals surface area (Å²) in [6, 6.07) is 10.7. The minimum absolute atomic E-state index is 0.0518. The molecule has 1 N–H and O–H groups in total. The molecule has 0 aliphatic carbocycles. The van der Waals surface area contributed by atoms with Gasteiger partial charge in [0.25, 0.3) is 10.0 Å². The Balaban J connectivity index is 2.45. The molecule has 0 fully saturated rings. The minimum Gasteiger partial charge on any atom is -0.278 e. The Bertz CT molecular complexity index is 827. The normalized spacial score (nSPS) is 11.0. The Hall–Kier alpha value is -1.66. The van der Waals surface area contributed by atoms with E-state index in [0.717, 1.165) is 5.56 Å². The third kappa shape index (κ3) is 3.33. The number of sulfonamides is 1. The highest BCUT2D eigenvalue weighted by atomic mass is 127. The molecule has 0 aromatic heterocycles. The molecule has 4 nitrogen and oxygen atoms in total. The molecule has 0 atom stereocenters. The van der Waals surface area contributed by atoms with Crippen molar-refractivity contribution in [3.63, 3.8) is 0 Å². The zero-order valence-corrected chi connectivity index (χ0v) is 13.9. The molecular weight excluding hydrogens is 406 g/mol. The van der Waals surface area contributed by atoms with E-state index in [1.54, 1.807) is 40.8 Å². The van der Waals surface area contributed by atoms with Crippen molar-refractivity contribution in [2.75, 3.05) is 4.72 Å². The highest BCUT2D eigenvalue weighted by molar-refractivity contribution is 14.1. The van der Waals surface area contributed by atoms with Gasteiger partial charge < -0.3 is 0 Å². The summed E-state index contributed by atoms with van der Waals surface area (Å²) in [5.74, 6) is -0.734. The summed E-state index contributed by atoms with van der Waals surface area (Å²) in [5.41, 5.74) is 0.528. The van der Waals surface area contributed by atoms with E-state index < -0.39 is 15.8 Å². The highest BCUT2D eigenvalue weighted by Crippen LogP contribution is 2.25. The van der Waals surface area contributed by atoms with E-state index in [4.69, 9.17) is 5.26 Å². The number of hydrogen-bond donors (Lipinski definition) is 1. The molecule has 21 heavy (non-hydrogen) atoms. The molecule has 0 radical (unpaired) electrons. The molecule has 0 heterocycles. The van der Waals surface area contributed by atoms with Gasteiger partial charge in [0, 0.05) is 0 Å². The predicted octanol–water partition coefficient (Wildman–Crippen LogP) is 3.41. The lowest BCUT2D eigenvalue weighted by Crippen LogP contribution is -2.14. The smallest absolute Gasteiger partial charge is 0.261 e. The van der Waals surface area contributed by atoms with Gasteiger partial charge >= 0.3 is 0 Å². The monoisotopic (exact) mass is 416 g/mol. The number of rotatable bonds is 3. The van der Waals surface area contributed by atoms with Crippen LogP contribution in [-0.4, -0.2) is 8.42 Å². The molecule has 7 heteroatoms. The molecule has 0 unspecified atom stereocenters. The van der Waals surface area contributed by atoms with Gasteiger partial charge in [-0.05, 0) is 53.8 Å². The first-order chi connectivity index (χ1) is 9.85. The lowest BCUT2D eigenvalue weighted by atomic mass is 10.2. The Morgan fingerprint density at radius 1 is 1.19 bits per heavy atom. The number of aryl methyl sites for hydroxylation is 1. The van der Waals surface area contributed by atoms with Crippen molar-refractivity contribution in [3.8, 4) is 6.07 Å². The summed E-state index contributed by atoms with van der Waals surface area (Å²) in [6.07, 6.45) is 0. The van der Waals surface area contributed by atoms with E-state index in [1.807, 2.05) is 6.92 Å². The van der Waals surface area contributed by atoms with Crippen molar-refractivity contribution in [2.24, 2.45) is 0 Å². The molecule has 0 spiro atoms. The SMILES string of the molecule is Cc1ccc(S(=O)(=O)Nc2ccc(I)c(F)c2C#N)cc1. The van der Waals surface area contributed by atoms with Gasteiger partial charge in [-0.25, -0.2) is 12.8 Å². The highest BCUT2D eigenvalue weighted by Gasteiger charge is 2.19. The molecule has 2 rings (SSSR count). The van der Waals surface area contributed by atoms with Crippen LogP contribution in [0.15, 0.2) is 41.3 Å². The first-order valence-electron chi connectivity index (χ1n) is 5.83. The van der Waals surface area contributed by atoms with Crippen molar-refractivity contribution >= 4 is 38.3 Å². The molecule has 0 aliphatic rings. The second-order valence-corrected chi connectivity index (χ2v) is 7.16. The maximum atomic E-state index is 13.8. The van der Waals surface area contributed by atoms with Crippen LogP contribution in [0, 0.1) is 27.6 Å². The van der Waals surface area contributed by atoms with E-state index in [1.165, 1.54) is 24.3 Å². The molecule has 0 saturated heterocycles. The number of hydrogen-bond acceptors (Lipinski definition) is 3. The fourth-order valence-corrected chi connectivity index (χ4v) is 3.19. The fourth-order valence-electron chi connectivity index (χ4n) is 1.67. The largest absolute Gasteiger partial charge is 0.278 e. The van der Waals surface area contributed by atoms with E-state index in [-0.39, 0.29) is 19.7 Å². The molecule has 108 valence electrons. The zero-order chi connectivity index (χ0) is 15.6. The van der Waals surface area contributed by atoms with Gasteiger partial charge in [-0.1, -0.05) is 17.7 Å². The number of benzene rings is 2. The Morgan fingerprint density at radius 2 is 1.81 bits per heavy atom. The number of nitrogens with one attached hydrogen (secondary N) is 1. The molecule has 0 amide bonds. The van der Waals surface area contributed by atoms with E-state index in [9.17, 15) is 12.8 Å². The summed E-state index contributed by atoms with van der Waals surface area (Å²) < 4.78 is 40.8. The van der Waals surface area contributed by atoms with Gasteiger partial charge in [-0.2, -0.15) is 5.26 Å². The van der Waals surface area contributed by atoms with Crippen molar-refractivity contribution < 1.29 is 12.8 Å². The van der Waals surface area contributed by atoms with Gasteiger partial charge in [0.15, 0.2) is 5.82 Å². The Labute approximate surface area is 135 Å². The van der Waals surface area contributed by atoms with Gasteiger partial charge in [-0.3, -0.25) is 4.72 Å². The van der Waals surface area contributed by atoms with Crippen molar-refractivity contribution in [2.45, 2.75) is 11.8 Å². The predicted molar refractivity (Wildman–Crippen MR) is 85.8 cm³/mol. The van der Waals surface area contributed by atoms with Crippen LogP contribution >= 0.6 is 22.6 Å². The van der Waals surface area contributed by atoms with Crippen molar-refractivity contribution in [1.29, 1.82) is 5.26 Å². The van der Waals surface area contributed by atoms with Crippen molar-refractivity contribution in [1.82, 2.24) is 0 Å². The summed E-state index contributed by atoms with van der Waals surface area (Å²) in [7, 11) is -3.86. The van der Waals surface area contributed by atoms with Crippen LogP contribution in [0.25, 0.3) is 0 Å². The van der Waals surface area contributed by atoms with E-state index in [0.29, 0.717) is 0 Å². The molecule has 0 aliphatic heterocycles. The van der Waals surface area contributed by atoms with E-state index in [2.05, 4.69) is 4.72 Å². The number of nitriles is 1. The Kier molecular flexibility index (Phi) is 4.49.